The van der Waals surface area contributed by atoms with Gasteiger partial charge in [-0.05, 0) is 30.9 Å². The van der Waals surface area contributed by atoms with Gasteiger partial charge in [0.25, 0.3) is 0 Å². The summed E-state index contributed by atoms with van der Waals surface area (Å²) >= 11 is 0. The average molecular weight is 346 g/mol. The molecule has 0 aliphatic carbocycles. The van der Waals surface area contributed by atoms with Crippen molar-refractivity contribution in [3.05, 3.63) is 30.1 Å². The second-order valence-electron chi connectivity index (χ2n) is 6.84. The van der Waals surface area contributed by atoms with Crippen molar-refractivity contribution >= 4 is 11.9 Å². The van der Waals surface area contributed by atoms with Crippen LogP contribution in [0.2, 0.25) is 0 Å². The first-order valence-electron chi connectivity index (χ1n) is 8.99. The number of carbonyl (C=O) groups excluding carboxylic acids is 1. The Kier molecular flexibility index (Phi) is 5.99. The van der Waals surface area contributed by atoms with Crippen LogP contribution in [0.1, 0.15) is 24.8 Å². The van der Waals surface area contributed by atoms with E-state index in [2.05, 4.69) is 20.9 Å². The predicted molar refractivity (Wildman–Crippen MR) is 92.9 cm³/mol. The minimum Gasteiger partial charge on any atom is -0.480 e. The van der Waals surface area contributed by atoms with Crippen molar-refractivity contribution in [3.63, 3.8) is 0 Å². The summed E-state index contributed by atoms with van der Waals surface area (Å²) in [5, 5.41) is 9.03. The van der Waals surface area contributed by atoms with Crippen LogP contribution < -0.4 is 0 Å². The van der Waals surface area contributed by atoms with Gasteiger partial charge >= 0.3 is 5.97 Å². The Labute approximate surface area is 148 Å². The first-order valence-corrected chi connectivity index (χ1v) is 8.99. The number of aromatic nitrogens is 1. The molecule has 1 unspecified atom stereocenters. The molecule has 3 heterocycles. The number of aliphatic carboxylic acids is 1. The number of carbonyl (C=O) groups is 2. The third kappa shape index (κ3) is 4.76. The van der Waals surface area contributed by atoms with Gasteiger partial charge in [-0.25, -0.2) is 0 Å². The van der Waals surface area contributed by atoms with E-state index in [1.54, 1.807) is 6.20 Å². The second-order valence-corrected chi connectivity index (χ2v) is 6.84. The fraction of sp³-hybridized carbons (Fsp3) is 0.611. The van der Waals surface area contributed by atoms with Gasteiger partial charge in [0.15, 0.2) is 0 Å². The van der Waals surface area contributed by atoms with Gasteiger partial charge in [0, 0.05) is 51.7 Å². The van der Waals surface area contributed by atoms with E-state index in [9.17, 15) is 9.59 Å². The van der Waals surface area contributed by atoms with E-state index in [4.69, 9.17) is 5.11 Å². The standard InChI is InChI=1S/C18H26N4O3/c23-17(24)14-22-7-2-1-5-16(18(22)25)21-10-8-20(9-11-21)13-15-4-3-6-19-12-15/h3-4,6,12,16H,1-2,5,7-11,13-14H2,(H,23,24). The summed E-state index contributed by atoms with van der Waals surface area (Å²) in [5.74, 6) is -0.948. The molecule has 2 aliphatic rings. The van der Waals surface area contributed by atoms with Gasteiger partial charge in [-0.2, -0.15) is 0 Å². The summed E-state index contributed by atoms with van der Waals surface area (Å²) in [5.41, 5.74) is 1.20. The van der Waals surface area contributed by atoms with E-state index < -0.39 is 5.97 Å². The zero-order chi connectivity index (χ0) is 17.6. The largest absolute Gasteiger partial charge is 0.480 e. The molecule has 0 saturated carbocycles. The first kappa shape index (κ1) is 17.8. The molecule has 2 saturated heterocycles. The number of nitrogens with zero attached hydrogens (tertiary/aromatic N) is 4. The van der Waals surface area contributed by atoms with Gasteiger partial charge in [0.05, 0.1) is 6.04 Å². The molecule has 0 radical (unpaired) electrons. The summed E-state index contributed by atoms with van der Waals surface area (Å²) in [6, 6.07) is 3.87. The van der Waals surface area contributed by atoms with Gasteiger partial charge in [0.2, 0.25) is 5.91 Å². The number of pyridine rings is 1. The van der Waals surface area contributed by atoms with E-state index in [-0.39, 0.29) is 18.5 Å². The molecule has 0 aromatic carbocycles. The van der Waals surface area contributed by atoms with Crippen LogP contribution in [0.5, 0.6) is 0 Å². The Morgan fingerprint density at radius 3 is 2.68 bits per heavy atom. The van der Waals surface area contributed by atoms with Crippen LogP contribution in [0.25, 0.3) is 0 Å². The van der Waals surface area contributed by atoms with Crippen LogP contribution >= 0.6 is 0 Å². The Morgan fingerprint density at radius 1 is 1.20 bits per heavy atom. The molecule has 136 valence electrons. The predicted octanol–water partition coefficient (Wildman–Crippen LogP) is 0.665. The molecule has 1 amide bonds. The highest BCUT2D eigenvalue weighted by molar-refractivity contribution is 5.85. The summed E-state index contributed by atoms with van der Waals surface area (Å²) in [6.07, 6.45) is 6.36. The third-order valence-corrected chi connectivity index (χ3v) is 5.06. The highest BCUT2D eigenvalue weighted by atomic mass is 16.4. The highest BCUT2D eigenvalue weighted by Gasteiger charge is 2.34. The number of rotatable bonds is 5. The topological polar surface area (TPSA) is 77.0 Å². The third-order valence-electron chi connectivity index (χ3n) is 5.06. The van der Waals surface area contributed by atoms with Crippen molar-refractivity contribution in [2.45, 2.75) is 31.8 Å². The van der Waals surface area contributed by atoms with Crippen molar-refractivity contribution in [2.75, 3.05) is 39.3 Å². The van der Waals surface area contributed by atoms with E-state index in [1.807, 2.05) is 12.3 Å². The maximum atomic E-state index is 12.8. The van der Waals surface area contributed by atoms with Gasteiger partial charge in [-0.3, -0.25) is 24.4 Å². The Hall–Kier alpha value is -1.99. The number of carboxylic acids is 1. The lowest BCUT2D eigenvalue weighted by Crippen LogP contribution is -2.55. The second kappa shape index (κ2) is 8.40. The normalized spacial score (nSPS) is 23.4. The maximum absolute atomic E-state index is 12.8. The fourth-order valence-corrected chi connectivity index (χ4v) is 3.73. The first-order chi connectivity index (χ1) is 12.1. The van der Waals surface area contributed by atoms with Gasteiger partial charge in [-0.15, -0.1) is 0 Å². The highest BCUT2D eigenvalue weighted by Crippen LogP contribution is 2.19. The molecule has 1 atom stereocenters. The van der Waals surface area contributed by atoms with Crippen LogP contribution in [0.4, 0.5) is 0 Å². The Morgan fingerprint density at radius 2 is 2.00 bits per heavy atom. The molecule has 7 heteroatoms. The molecule has 3 rings (SSSR count). The molecule has 1 aromatic rings. The van der Waals surface area contributed by atoms with Crippen molar-refractivity contribution in [1.29, 1.82) is 0 Å². The van der Waals surface area contributed by atoms with E-state index in [0.717, 1.165) is 52.0 Å². The molecule has 1 N–H and O–H groups in total. The summed E-state index contributed by atoms with van der Waals surface area (Å²) in [4.78, 5) is 34.0. The van der Waals surface area contributed by atoms with Crippen LogP contribution in [0.15, 0.2) is 24.5 Å². The molecular formula is C18H26N4O3. The van der Waals surface area contributed by atoms with Crippen LogP contribution in [-0.4, -0.2) is 82.0 Å². The summed E-state index contributed by atoms with van der Waals surface area (Å²) in [6.45, 7) is 4.77. The van der Waals surface area contributed by atoms with Gasteiger partial charge in [0.1, 0.15) is 6.54 Å². The molecule has 2 aliphatic heterocycles. The molecule has 0 bridgehead atoms. The fourth-order valence-electron chi connectivity index (χ4n) is 3.73. The van der Waals surface area contributed by atoms with Crippen molar-refractivity contribution in [1.82, 2.24) is 19.7 Å². The zero-order valence-electron chi connectivity index (χ0n) is 14.5. The maximum Gasteiger partial charge on any atom is 0.323 e. The number of amides is 1. The molecule has 0 spiro atoms. The van der Waals surface area contributed by atoms with Crippen molar-refractivity contribution in [2.24, 2.45) is 0 Å². The number of likely N-dealkylation sites (tertiary alicyclic amines) is 1. The van der Waals surface area contributed by atoms with Crippen LogP contribution in [0, 0.1) is 0 Å². The van der Waals surface area contributed by atoms with Gasteiger partial charge < -0.3 is 10.0 Å². The lowest BCUT2D eigenvalue weighted by Gasteiger charge is -2.39. The van der Waals surface area contributed by atoms with E-state index >= 15 is 0 Å². The molecule has 1 aromatic heterocycles. The molecule has 25 heavy (non-hydrogen) atoms. The van der Waals surface area contributed by atoms with E-state index in [1.165, 1.54) is 10.5 Å². The van der Waals surface area contributed by atoms with E-state index in [0.29, 0.717) is 6.54 Å². The smallest absolute Gasteiger partial charge is 0.323 e. The van der Waals surface area contributed by atoms with Crippen LogP contribution in [0.3, 0.4) is 0 Å². The van der Waals surface area contributed by atoms with Crippen molar-refractivity contribution in [3.8, 4) is 0 Å². The monoisotopic (exact) mass is 346 g/mol. The summed E-state index contributed by atoms with van der Waals surface area (Å²) in [7, 11) is 0. The zero-order valence-corrected chi connectivity index (χ0v) is 14.5. The van der Waals surface area contributed by atoms with Crippen molar-refractivity contribution < 1.29 is 14.7 Å². The number of carboxylic acid groups (broad SMARTS) is 1. The molecular weight excluding hydrogens is 320 g/mol. The minimum absolute atomic E-state index is 0.0133. The van der Waals surface area contributed by atoms with Gasteiger partial charge in [-0.1, -0.05) is 6.07 Å². The lowest BCUT2D eigenvalue weighted by molar-refractivity contribution is -0.146. The number of hydrogen-bond acceptors (Lipinski definition) is 5. The quantitative estimate of drug-likeness (QED) is 0.844. The minimum atomic E-state index is -0.935. The van der Waals surface area contributed by atoms with Crippen LogP contribution in [-0.2, 0) is 16.1 Å². The molecule has 2 fully saturated rings. The molecule has 7 nitrogen and oxygen atoms in total. The Bertz CT molecular complexity index is 587. The number of hydrogen-bond donors (Lipinski definition) is 1. The Balaban J connectivity index is 1.55. The average Bonchev–Trinajstić information content (AvgIpc) is 2.78. The summed E-state index contributed by atoms with van der Waals surface area (Å²) < 4.78 is 0. The lowest BCUT2D eigenvalue weighted by atomic mass is 10.1. The number of piperazine rings is 1. The SMILES string of the molecule is O=C(O)CN1CCCCC(N2CCN(Cc3cccnc3)CC2)C1=O.